The van der Waals surface area contributed by atoms with Crippen LogP contribution in [0.2, 0.25) is 5.02 Å². The molecule has 1 aromatic heterocycles. The number of carbonyl (C=O) groups excluding carboxylic acids is 1. The summed E-state index contributed by atoms with van der Waals surface area (Å²) >= 11 is 5.98. The minimum absolute atomic E-state index is 0.00539. The molecule has 2 aromatic carbocycles. The van der Waals surface area contributed by atoms with Gasteiger partial charge in [0, 0.05) is 22.4 Å². The molecule has 104 valence electrons. The molecule has 0 unspecified atom stereocenters. The van der Waals surface area contributed by atoms with Gasteiger partial charge < -0.3 is 0 Å². The standard InChI is InChI=1S/C17H13ClN2O/c1-2-14(21)9-11-4-3-5-12(8-11)17-15-7-6-13(18)10-16(15)19-20-17/h2-8,10H,1,9H2,(H,19,20). The molecule has 1 heterocycles. The summed E-state index contributed by atoms with van der Waals surface area (Å²) in [7, 11) is 0. The number of aromatic amines is 1. The van der Waals surface area contributed by atoms with Gasteiger partial charge >= 0.3 is 0 Å². The van der Waals surface area contributed by atoms with E-state index in [1.165, 1.54) is 6.08 Å². The largest absolute Gasteiger partial charge is 0.295 e. The Morgan fingerprint density at radius 1 is 1.29 bits per heavy atom. The number of ketones is 1. The highest BCUT2D eigenvalue weighted by atomic mass is 35.5. The fourth-order valence-electron chi connectivity index (χ4n) is 2.31. The number of benzene rings is 2. The zero-order valence-corrected chi connectivity index (χ0v) is 12.0. The summed E-state index contributed by atoms with van der Waals surface area (Å²) in [6.45, 7) is 3.50. The van der Waals surface area contributed by atoms with Crippen LogP contribution in [-0.4, -0.2) is 16.0 Å². The lowest BCUT2D eigenvalue weighted by atomic mass is 10.0. The number of hydrogen-bond donors (Lipinski definition) is 1. The van der Waals surface area contributed by atoms with Crippen molar-refractivity contribution in [1.82, 2.24) is 10.2 Å². The van der Waals surface area contributed by atoms with E-state index in [1.54, 1.807) is 0 Å². The second-order valence-electron chi connectivity index (χ2n) is 4.81. The van der Waals surface area contributed by atoms with Crippen LogP contribution in [0.4, 0.5) is 0 Å². The van der Waals surface area contributed by atoms with Gasteiger partial charge in [-0.2, -0.15) is 5.10 Å². The normalized spacial score (nSPS) is 10.7. The van der Waals surface area contributed by atoms with E-state index in [2.05, 4.69) is 16.8 Å². The molecule has 3 aromatic rings. The molecule has 0 spiro atoms. The maximum atomic E-state index is 11.5. The SMILES string of the molecule is C=CC(=O)Cc1cccc(-c2n[nH]c3cc(Cl)ccc23)c1. The molecule has 0 bridgehead atoms. The van der Waals surface area contributed by atoms with Crippen molar-refractivity contribution in [2.75, 3.05) is 0 Å². The van der Waals surface area contributed by atoms with Crippen molar-refractivity contribution in [1.29, 1.82) is 0 Å². The van der Waals surface area contributed by atoms with Gasteiger partial charge in [0.2, 0.25) is 0 Å². The first-order chi connectivity index (χ1) is 10.2. The molecule has 21 heavy (non-hydrogen) atoms. The second-order valence-corrected chi connectivity index (χ2v) is 5.25. The Labute approximate surface area is 127 Å². The summed E-state index contributed by atoms with van der Waals surface area (Å²) in [5.74, 6) is 0.00539. The quantitative estimate of drug-likeness (QED) is 0.734. The van der Waals surface area contributed by atoms with E-state index in [0.717, 1.165) is 27.7 Å². The molecule has 0 radical (unpaired) electrons. The maximum absolute atomic E-state index is 11.5. The number of nitrogens with zero attached hydrogens (tertiary/aromatic N) is 1. The highest BCUT2D eigenvalue weighted by Crippen LogP contribution is 2.28. The van der Waals surface area contributed by atoms with Crippen molar-refractivity contribution in [2.45, 2.75) is 6.42 Å². The third kappa shape index (κ3) is 2.73. The van der Waals surface area contributed by atoms with Crippen LogP contribution < -0.4 is 0 Å². The van der Waals surface area contributed by atoms with Crippen LogP contribution >= 0.6 is 11.6 Å². The van der Waals surface area contributed by atoms with Gasteiger partial charge in [0.25, 0.3) is 0 Å². The molecule has 3 rings (SSSR count). The number of halogens is 1. The van der Waals surface area contributed by atoms with Gasteiger partial charge in [0.05, 0.1) is 11.2 Å². The van der Waals surface area contributed by atoms with Crippen LogP contribution in [0, 0.1) is 0 Å². The zero-order valence-electron chi connectivity index (χ0n) is 11.3. The zero-order chi connectivity index (χ0) is 14.8. The van der Waals surface area contributed by atoms with Gasteiger partial charge in [-0.3, -0.25) is 9.89 Å². The Morgan fingerprint density at radius 2 is 2.14 bits per heavy atom. The lowest BCUT2D eigenvalue weighted by molar-refractivity contribution is -0.114. The average molecular weight is 297 g/mol. The van der Waals surface area contributed by atoms with E-state index < -0.39 is 0 Å². The molecule has 0 aliphatic carbocycles. The summed E-state index contributed by atoms with van der Waals surface area (Å²) in [6, 6.07) is 13.4. The number of allylic oxidation sites excluding steroid dienone is 1. The van der Waals surface area contributed by atoms with Crippen LogP contribution in [0.1, 0.15) is 5.56 Å². The van der Waals surface area contributed by atoms with Gasteiger partial charge in [-0.05, 0) is 35.9 Å². The van der Waals surface area contributed by atoms with E-state index in [4.69, 9.17) is 11.6 Å². The molecular formula is C17H13ClN2O. The number of hydrogen-bond acceptors (Lipinski definition) is 2. The van der Waals surface area contributed by atoms with E-state index in [0.29, 0.717) is 11.4 Å². The van der Waals surface area contributed by atoms with Gasteiger partial charge in [-0.25, -0.2) is 0 Å². The molecule has 3 nitrogen and oxygen atoms in total. The predicted octanol–water partition coefficient (Wildman–Crippen LogP) is 4.18. The molecule has 4 heteroatoms. The fraction of sp³-hybridized carbons (Fsp3) is 0.0588. The number of fused-ring (bicyclic) bond motifs is 1. The van der Waals surface area contributed by atoms with Crippen molar-refractivity contribution in [2.24, 2.45) is 0 Å². The highest BCUT2D eigenvalue weighted by molar-refractivity contribution is 6.31. The number of aromatic nitrogens is 2. The van der Waals surface area contributed by atoms with E-state index >= 15 is 0 Å². The Morgan fingerprint density at radius 3 is 2.95 bits per heavy atom. The van der Waals surface area contributed by atoms with Crippen LogP contribution in [0.3, 0.4) is 0 Å². The lowest BCUT2D eigenvalue weighted by Gasteiger charge is -2.02. The molecular weight excluding hydrogens is 284 g/mol. The van der Waals surface area contributed by atoms with Crippen LogP contribution in [0.25, 0.3) is 22.2 Å². The maximum Gasteiger partial charge on any atom is 0.159 e. The van der Waals surface area contributed by atoms with Gasteiger partial charge in [-0.15, -0.1) is 0 Å². The third-order valence-electron chi connectivity index (χ3n) is 3.33. The van der Waals surface area contributed by atoms with Gasteiger partial charge in [0.1, 0.15) is 0 Å². The van der Waals surface area contributed by atoms with Crippen molar-refractivity contribution in [3.8, 4) is 11.3 Å². The van der Waals surface area contributed by atoms with E-state index in [9.17, 15) is 4.79 Å². The minimum atomic E-state index is 0.00539. The van der Waals surface area contributed by atoms with Crippen LogP contribution in [0.5, 0.6) is 0 Å². The summed E-state index contributed by atoms with van der Waals surface area (Å²) in [5, 5.41) is 9.02. The van der Waals surface area contributed by atoms with Crippen LogP contribution in [-0.2, 0) is 11.2 Å². The van der Waals surface area contributed by atoms with E-state index in [-0.39, 0.29) is 5.78 Å². The third-order valence-corrected chi connectivity index (χ3v) is 3.57. The first kappa shape index (κ1) is 13.6. The number of H-pyrrole nitrogens is 1. The number of rotatable bonds is 4. The topological polar surface area (TPSA) is 45.8 Å². The molecule has 0 amide bonds. The first-order valence-corrected chi connectivity index (χ1v) is 6.93. The number of carbonyl (C=O) groups is 1. The summed E-state index contributed by atoms with van der Waals surface area (Å²) in [4.78, 5) is 11.5. The molecule has 0 fully saturated rings. The first-order valence-electron chi connectivity index (χ1n) is 6.55. The predicted molar refractivity (Wildman–Crippen MR) is 85.4 cm³/mol. The summed E-state index contributed by atoms with van der Waals surface area (Å²) < 4.78 is 0. The molecule has 0 aliphatic rings. The molecule has 0 aliphatic heterocycles. The summed E-state index contributed by atoms with van der Waals surface area (Å²) in [6.07, 6.45) is 1.70. The van der Waals surface area contributed by atoms with Gasteiger partial charge in [-0.1, -0.05) is 36.4 Å². The monoisotopic (exact) mass is 296 g/mol. The Kier molecular flexibility index (Phi) is 3.59. The van der Waals surface area contributed by atoms with Crippen LogP contribution in [0.15, 0.2) is 55.1 Å². The lowest BCUT2D eigenvalue weighted by Crippen LogP contribution is -1.97. The smallest absolute Gasteiger partial charge is 0.159 e. The Bertz CT molecular complexity index is 836. The van der Waals surface area contributed by atoms with Crippen molar-refractivity contribution in [3.63, 3.8) is 0 Å². The fourth-order valence-corrected chi connectivity index (χ4v) is 2.49. The average Bonchev–Trinajstić information content (AvgIpc) is 2.90. The van der Waals surface area contributed by atoms with E-state index in [1.807, 2.05) is 42.5 Å². The number of nitrogens with one attached hydrogen (secondary N) is 1. The van der Waals surface area contributed by atoms with Crippen molar-refractivity contribution < 1.29 is 4.79 Å². The summed E-state index contributed by atoms with van der Waals surface area (Å²) in [5.41, 5.74) is 3.67. The molecule has 0 saturated carbocycles. The second kappa shape index (κ2) is 5.54. The van der Waals surface area contributed by atoms with Crippen molar-refractivity contribution in [3.05, 3.63) is 65.7 Å². The van der Waals surface area contributed by atoms with Gasteiger partial charge in [0.15, 0.2) is 5.78 Å². The Balaban J connectivity index is 2.04. The molecule has 1 N–H and O–H groups in total. The molecule has 0 atom stereocenters. The Hall–Kier alpha value is -2.39. The minimum Gasteiger partial charge on any atom is -0.295 e. The highest BCUT2D eigenvalue weighted by Gasteiger charge is 2.09. The van der Waals surface area contributed by atoms with Crippen molar-refractivity contribution >= 4 is 28.3 Å². The molecule has 0 saturated heterocycles.